The summed E-state index contributed by atoms with van der Waals surface area (Å²) in [6.45, 7) is 1.32. The van der Waals surface area contributed by atoms with Crippen LogP contribution in [0.15, 0.2) is 6.07 Å². The van der Waals surface area contributed by atoms with Gasteiger partial charge in [0.2, 0.25) is 17.8 Å². The number of hydrogen-bond acceptors (Lipinski definition) is 6. The van der Waals surface area contributed by atoms with Crippen molar-refractivity contribution in [3.63, 3.8) is 0 Å². The highest BCUT2D eigenvalue weighted by Crippen LogP contribution is 2.07. The topological polar surface area (TPSA) is 118 Å². The fourth-order valence-corrected chi connectivity index (χ4v) is 1.64. The second-order valence-electron chi connectivity index (χ2n) is 3.89. The molecular weight excluding hydrogens is 238 g/mol. The molecule has 1 saturated heterocycles. The minimum absolute atomic E-state index is 0.0221. The quantitative estimate of drug-likeness (QED) is 0.583. The lowest BCUT2D eigenvalue weighted by Gasteiger charge is -2.25. The molecule has 3 N–H and O–H groups in total. The smallest absolute Gasteiger partial charge is 0.273 e. The molecular formula is C10H11N5O3. The van der Waals surface area contributed by atoms with E-state index in [9.17, 15) is 14.4 Å². The van der Waals surface area contributed by atoms with Gasteiger partial charge in [0.15, 0.2) is 0 Å². The number of nitrogens with two attached hydrogens (primary N) is 1. The lowest BCUT2D eigenvalue weighted by molar-refractivity contribution is -0.135. The molecule has 2 rings (SSSR count). The van der Waals surface area contributed by atoms with Crippen molar-refractivity contribution in [2.45, 2.75) is 6.92 Å². The van der Waals surface area contributed by atoms with Crippen LogP contribution in [-0.2, 0) is 9.59 Å². The van der Waals surface area contributed by atoms with E-state index in [0.29, 0.717) is 5.69 Å². The van der Waals surface area contributed by atoms with Crippen molar-refractivity contribution >= 4 is 23.7 Å². The van der Waals surface area contributed by atoms with Gasteiger partial charge in [-0.15, -0.1) is 0 Å². The van der Waals surface area contributed by atoms with Gasteiger partial charge in [-0.25, -0.2) is 9.97 Å². The number of nitrogen functional groups attached to an aromatic ring is 1. The molecule has 2 heterocycles. The fraction of sp³-hybridized carbons (Fsp3) is 0.300. The van der Waals surface area contributed by atoms with Gasteiger partial charge < -0.3 is 10.6 Å². The zero-order chi connectivity index (χ0) is 13.3. The van der Waals surface area contributed by atoms with Gasteiger partial charge in [-0.05, 0) is 13.0 Å². The van der Waals surface area contributed by atoms with Gasteiger partial charge in [-0.2, -0.15) is 0 Å². The first-order valence-corrected chi connectivity index (χ1v) is 5.19. The van der Waals surface area contributed by atoms with Crippen LogP contribution in [-0.4, -0.2) is 45.7 Å². The third kappa shape index (κ3) is 2.42. The van der Waals surface area contributed by atoms with E-state index in [2.05, 4.69) is 15.3 Å². The molecule has 8 nitrogen and oxygen atoms in total. The summed E-state index contributed by atoms with van der Waals surface area (Å²) < 4.78 is 0. The van der Waals surface area contributed by atoms with Crippen molar-refractivity contribution in [3.05, 3.63) is 17.5 Å². The highest BCUT2D eigenvalue weighted by molar-refractivity contribution is 6.05. The Labute approximate surface area is 102 Å². The molecule has 0 saturated carbocycles. The predicted molar refractivity (Wildman–Crippen MR) is 60.2 cm³/mol. The maximum Gasteiger partial charge on any atom is 0.273 e. The number of piperazine rings is 1. The Kier molecular flexibility index (Phi) is 2.92. The zero-order valence-corrected chi connectivity index (χ0v) is 9.64. The Morgan fingerprint density at radius 3 is 2.50 bits per heavy atom. The van der Waals surface area contributed by atoms with Gasteiger partial charge in [0.25, 0.3) is 5.91 Å². The summed E-state index contributed by atoms with van der Waals surface area (Å²) in [6.07, 6.45) is 0. The van der Waals surface area contributed by atoms with Gasteiger partial charge >= 0.3 is 0 Å². The Hall–Kier alpha value is -2.51. The van der Waals surface area contributed by atoms with Crippen LogP contribution in [0.5, 0.6) is 0 Å². The number of hydrogen-bond donors (Lipinski definition) is 2. The van der Waals surface area contributed by atoms with Crippen molar-refractivity contribution in [1.29, 1.82) is 0 Å². The molecule has 3 amide bonds. The summed E-state index contributed by atoms with van der Waals surface area (Å²) in [6, 6.07) is 1.45. The van der Waals surface area contributed by atoms with Crippen molar-refractivity contribution < 1.29 is 14.4 Å². The standard InChI is InChI=1S/C10H11N5O3/c1-5-2-6(13-10(11)12-5)9(18)15-3-7(16)14-8(17)4-15/h2H,3-4H2,1H3,(H2,11,12,13)(H,14,16,17). The van der Waals surface area contributed by atoms with Crippen LogP contribution < -0.4 is 11.1 Å². The van der Waals surface area contributed by atoms with Gasteiger partial charge in [0.1, 0.15) is 18.8 Å². The third-order valence-electron chi connectivity index (χ3n) is 2.33. The van der Waals surface area contributed by atoms with E-state index in [1.807, 2.05) is 0 Å². The highest BCUT2D eigenvalue weighted by Gasteiger charge is 2.28. The predicted octanol–water partition coefficient (Wildman–Crippen LogP) is -1.53. The Balaban J connectivity index is 2.25. The first kappa shape index (κ1) is 12.0. The molecule has 0 bridgehead atoms. The highest BCUT2D eigenvalue weighted by atomic mass is 16.2. The first-order valence-electron chi connectivity index (χ1n) is 5.19. The number of aryl methyl sites for hydroxylation is 1. The number of carbonyl (C=O) groups is 3. The summed E-state index contributed by atoms with van der Waals surface area (Å²) in [5.74, 6) is -1.57. The summed E-state index contributed by atoms with van der Waals surface area (Å²) in [4.78, 5) is 43.1. The van der Waals surface area contributed by atoms with Crippen LogP contribution in [0.25, 0.3) is 0 Å². The molecule has 1 aliphatic rings. The van der Waals surface area contributed by atoms with E-state index in [1.54, 1.807) is 6.92 Å². The molecule has 1 aromatic heterocycles. The van der Waals surface area contributed by atoms with E-state index < -0.39 is 17.7 Å². The first-order chi connectivity index (χ1) is 8.45. The number of amides is 3. The molecule has 0 atom stereocenters. The van der Waals surface area contributed by atoms with Crippen molar-refractivity contribution in [2.24, 2.45) is 0 Å². The van der Waals surface area contributed by atoms with Crippen LogP contribution >= 0.6 is 0 Å². The van der Waals surface area contributed by atoms with Crippen molar-refractivity contribution in [1.82, 2.24) is 20.2 Å². The molecule has 0 radical (unpaired) electrons. The van der Waals surface area contributed by atoms with E-state index >= 15 is 0 Å². The average Bonchev–Trinajstić information content (AvgIpc) is 2.25. The number of carbonyl (C=O) groups excluding carboxylic acids is 3. The molecule has 0 spiro atoms. The van der Waals surface area contributed by atoms with Crippen LogP contribution in [0.2, 0.25) is 0 Å². The van der Waals surface area contributed by atoms with E-state index in [1.165, 1.54) is 6.07 Å². The van der Waals surface area contributed by atoms with Gasteiger partial charge in [-0.3, -0.25) is 19.7 Å². The average molecular weight is 249 g/mol. The van der Waals surface area contributed by atoms with Gasteiger partial charge in [-0.1, -0.05) is 0 Å². The number of rotatable bonds is 1. The largest absolute Gasteiger partial charge is 0.368 e. The summed E-state index contributed by atoms with van der Waals surface area (Å²) in [7, 11) is 0. The molecule has 0 unspecified atom stereocenters. The molecule has 8 heteroatoms. The number of nitrogens with one attached hydrogen (secondary N) is 1. The fourth-order valence-electron chi connectivity index (χ4n) is 1.64. The van der Waals surface area contributed by atoms with Crippen LogP contribution in [0.1, 0.15) is 16.2 Å². The summed E-state index contributed by atoms with van der Waals surface area (Å²) in [5, 5.41) is 2.11. The second kappa shape index (κ2) is 4.40. The zero-order valence-electron chi connectivity index (χ0n) is 9.64. The molecule has 0 aliphatic carbocycles. The van der Waals surface area contributed by atoms with E-state index in [-0.39, 0.29) is 24.7 Å². The van der Waals surface area contributed by atoms with Crippen molar-refractivity contribution in [3.8, 4) is 0 Å². The lowest BCUT2D eigenvalue weighted by Crippen LogP contribution is -2.53. The molecule has 1 fully saturated rings. The van der Waals surface area contributed by atoms with E-state index in [4.69, 9.17) is 5.73 Å². The SMILES string of the molecule is Cc1cc(C(=O)N2CC(=O)NC(=O)C2)nc(N)n1. The van der Waals surface area contributed by atoms with Crippen LogP contribution in [0, 0.1) is 6.92 Å². The normalized spacial score (nSPS) is 15.5. The molecule has 1 aliphatic heterocycles. The van der Waals surface area contributed by atoms with Crippen LogP contribution in [0.3, 0.4) is 0 Å². The van der Waals surface area contributed by atoms with Gasteiger partial charge in [0.05, 0.1) is 0 Å². The Morgan fingerprint density at radius 2 is 1.94 bits per heavy atom. The third-order valence-corrected chi connectivity index (χ3v) is 2.33. The maximum absolute atomic E-state index is 12.0. The molecule has 18 heavy (non-hydrogen) atoms. The Bertz CT molecular complexity index is 506. The number of anilines is 1. The summed E-state index contributed by atoms with van der Waals surface area (Å²) in [5.41, 5.74) is 6.05. The monoisotopic (exact) mass is 249 g/mol. The molecule has 0 aromatic carbocycles. The minimum atomic E-state index is -0.518. The number of aromatic nitrogens is 2. The van der Waals surface area contributed by atoms with Gasteiger partial charge in [0, 0.05) is 5.69 Å². The molecule has 94 valence electrons. The number of imide groups is 1. The number of nitrogens with zero attached hydrogens (tertiary/aromatic N) is 3. The van der Waals surface area contributed by atoms with Crippen molar-refractivity contribution in [2.75, 3.05) is 18.8 Å². The lowest BCUT2D eigenvalue weighted by atomic mass is 10.2. The maximum atomic E-state index is 12.0. The van der Waals surface area contributed by atoms with Crippen LogP contribution in [0.4, 0.5) is 5.95 Å². The minimum Gasteiger partial charge on any atom is -0.368 e. The summed E-state index contributed by atoms with van der Waals surface area (Å²) >= 11 is 0. The van der Waals surface area contributed by atoms with E-state index in [0.717, 1.165) is 4.90 Å². The second-order valence-corrected chi connectivity index (χ2v) is 3.89. The Morgan fingerprint density at radius 1 is 1.33 bits per heavy atom. The molecule has 1 aromatic rings.